The highest BCUT2D eigenvalue weighted by Gasteiger charge is 2.21. The van der Waals surface area contributed by atoms with E-state index in [0.717, 1.165) is 24.0 Å². The molecule has 1 heterocycles. The molecular weight excluding hydrogens is 244 g/mol. The van der Waals surface area contributed by atoms with Crippen LogP contribution in [0.5, 0.6) is 0 Å². The number of carbonyl (C=O) groups is 1. The second kappa shape index (κ2) is 4.13. The zero-order valence-electron chi connectivity index (χ0n) is 7.70. The van der Waals surface area contributed by atoms with Crippen molar-refractivity contribution in [2.75, 3.05) is 5.33 Å². The molecule has 0 radical (unpaired) electrons. The van der Waals surface area contributed by atoms with Crippen LogP contribution in [0.2, 0.25) is 0 Å². The van der Waals surface area contributed by atoms with E-state index in [4.69, 9.17) is 4.74 Å². The van der Waals surface area contributed by atoms with Gasteiger partial charge in [-0.05, 0) is 24.5 Å². The van der Waals surface area contributed by atoms with Gasteiger partial charge < -0.3 is 4.74 Å². The lowest BCUT2D eigenvalue weighted by molar-refractivity contribution is 0.0356. The smallest absolute Gasteiger partial charge is 0.338 e. The van der Waals surface area contributed by atoms with E-state index in [1.54, 1.807) is 0 Å². The lowest BCUT2D eigenvalue weighted by Crippen LogP contribution is -2.17. The number of ether oxygens (including phenoxy) is 1. The molecule has 0 amide bonds. The number of aryl methyl sites for hydroxylation is 1. The number of halogens is 1. The lowest BCUT2D eigenvalue weighted by atomic mass is 10.0. The fraction of sp³-hybridized carbons (Fsp3) is 0.364. The Bertz CT molecular complexity index is 349. The minimum absolute atomic E-state index is 0.00917. The fourth-order valence-corrected chi connectivity index (χ4v) is 2.09. The van der Waals surface area contributed by atoms with Crippen LogP contribution in [0, 0.1) is 0 Å². The highest BCUT2D eigenvalue weighted by Crippen LogP contribution is 2.20. The molecule has 0 N–H and O–H groups in total. The normalized spacial score (nSPS) is 20.9. The predicted octanol–water partition coefficient (Wildman–Crippen LogP) is 2.55. The van der Waals surface area contributed by atoms with Gasteiger partial charge in [-0.2, -0.15) is 0 Å². The molecule has 0 saturated heterocycles. The van der Waals surface area contributed by atoms with Gasteiger partial charge in [0.1, 0.15) is 6.10 Å². The van der Waals surface area contributed by atoms with E-state index in [-0.39, 0.29) is 12.1 Å². The number of carbonyl (C=O) groups excluding carboxylic acids is 1. The van der Waals surface area contributed by atoms with Crippen molar-refractivity contribution in [1.29, 1.82) is 0 Å². The van der Waals surface area contributed by atoms with Gasteiger partial charge in [0.25, 0.3) is 0 Å². The Morgan fingerprint density at radius 1 is 1.43 bits per heavy atom. The number of rotatable bonds is 1. The van der Waals surface area contributed by atoms with Crippen LogP contribution in [0.25, 0.3) is 0 Å². The number of alkyl halides is 1. The Hall–Kier alpha value is -0.830. The second-order valence-corrected chi connectivity index (χ2v) is 4.02. The average molecular weight is 255 g/mol. The molecule has 0 spiro atoms. The number of hydrogen-bond donors (Lipinski definition) is 0. The molecule has 0 bridgehead atoms. The maximum atomic E-state index is 11.6. The number of hydrogen-bond acceptors (Lipinski definition) is 2. The van der Waals surface area contributed by atoms with Crippen molar-refractivity contribution in [2.45, 2.75) is 18.9 Å². The van der Waals surface area contributed by atoms with Crippen LogP contribution < -0.4 is 0 Å². The van der Waals surface area contributed by atoms with Crippen molar-refractivity contribution in [3.8, 4) is 0 Å². The van der Waals surface area contributed by atoms with E-state index in [2.05, 4.69) is 15.9 Å². The summed E-state index contributed by atoms with van der Waals surface area (Å²) < 4.78 is 5.30. The van der Waals surface area contributed by atoms with Crippen LogP contribution in [0.1, 0.15) is 22.3 Å². The van der Waals surface area contributed by atoms with Crippen molar-refractivity contribution in [1.82, 2.24) is 0 Å². The monoisotopic (exact) mass is 254 g/mol. The molecule has 0 saturated carbocycles. The first-order chi connectivity index (χ1) is 6.81. The zero-order chi connectivity index (χ0) is 9.97. The molecule has 1 aromatic carbocycles. The topological polar surface area (TPSA) is 26.3 Å². The Morgan fingerprint density at radius 2 is 2.21 bits per heavy atom. The van der Waals surface area contributed by atoms with Crippen LogP contribution >= 0.6 is 15.9 Å². The molecule has 1 aromatic rings. The van der Waals surface area contributed by atoms with Gasteiger partial charge in [-0.1, -0.05) is 34.1 Å². The third kappa shape index (κ3) is 1.82. The summed E-state index contributed by atoms with van der Waals surface area (Å²) in [6.45, 7) is 0. The van der Waals surface area contributed by atoms with E-state index in [0.29, 0.717) is 5.33 Å². The fourth-order valence-electron chi connectivity index (χ4n) is 1.64. The maximum absolute atomic E-state index is 11.6. The van der Waals surface area contributed by atoms with Crippen molar-refractivity contribution < 1.29 is 9.53 Å². The first-order valence-corrected chi connectivity index (χ1v) is 5.78. The molecule has 0 fully saturated rings. The molecule has 0 aromatic heterocycles. The summed E-state index contributed by atoms with van der Waals surface area (Å²) in [5.74, 6) is -0.192. The van der Waals surface area contributed by atoms with E-state index >= 15 is 0 Å². The molecule has 1 unspecified atom stereocenters. The molecule has 2 rings (SSSR count). The summed E-state index contributed by atoms with van der Waals surface area (Å²) in [6.07, 6.45) is 1.82. The van der Waals surface area contributed by atoms with E-state index < -0.39 is 0 Å². The summed E-state index contributed by atoms with van der Waals surface area (Å²) in [7, 11) is 0. The third-order valence-corrected chi connectivity index (χ3v) is 3.14. The van der Waals surface area contributed by atoms with Crippen molar-refractivity contribution >= 4 is 21.9 Å². The number of cyclic esters (lactones) is 1. The summed E-state index contributed by atoms with van der Waals surface area (Å²) >= 11 is 3.34. The van der Waals surface area contributed by atoms with Crippen LogP contribution in [0.4, 0.5) is 0 Å². The van der Waals surface area contributed by atoms with Gasteiger partial charge in [-0.3, -0.25) is 0 Å². The third-order valence-electron chi connectivity index (χ3n) is 2.42. The largest absolute Gasteiger partial charge is 0.458 e. The number of benzene rings is 1. The van der Waals surface area contributed by atoms with Gasteiger partial charge in [-0.25, -0.2) is 4.79 Å². The summed E-state index contributed by atoms with van der Waals surface area (Å²) in [5, 5.41) is 0.715. The molecule has 1 aliphatic rings. The predicted molar refractivity (Wildman–Crippen MR) is 57.8 cm³/mol. The van der Waals surface area contributed by atoms with Crippen molar-refractivity contribution in [3.63, 3.8) is 0 Å². The van der Waals surface area contributed by atoms with E-state index in [1.807, 2.05) is 24.3 Å². The van der Waals surface area contributed by atoms with Crippen LogP contribution in [0.15, 0.2) is 24.3 Å². The highest BCUT2D eigenvalue weighted by atomic mass is 79.9. The van der Waals surface area contributed by atoms with Crippen LogP contribution in [-0.2, 0) is 11.2 Å². The van der Waals surface area contributed by atoms with Gasteiger partial charge in [0.05, 0.1) is 5.56 Å². The Kier molecular flexibility index (Phi) is 2.87. The first kappa shape index (κ1) is 9.71. The standard InChI is InChI=1S/C11H11BrO2/c12-7-9-6-5-8-3-1-2-4-10(8)11(13)14-9/h1-4,9H,5-7H2. The lowest BCUT2D eigenvalue weighted by Gasteiger charge is -2.10. The summed E-state index contributed by atoms with van der Waals surface area (Å²) in [5.41, 5.74) is 1.82. The van der Waals surface area contributed by atoms with Crippen LogP contribution in [0.3, 0.4) is 0 Å². The van der Waals surface area contributed by atoms with E-state index in [1.165, 1.54) is 0 Å². The van der Waals surface area contributed by atoms with E-state index in [9.17, 15) is 4.79 Å². The van der Waals surface area contributed by atoms with Crippen molar-refractivity contribution in [3.05, 3.63) is 35.4 Å². The number of fused-ring (bicyclic) bond motifs is 1. The van der Waals surface area contributed by atoms with Crippen LogP contribution in [-0.4, -0.2) is 17.4 Å². The average Bonchev–Trinajstić information content (AvgIpc) is 2.39. The summed E-state index contributed by atoms with van der Waals surface area (Å²) in [4.78, 5) is 11.6. The molecule has 2 nitrogen and oxygen atoms in total. The minimum Gasteiger partial charge on any atom is -0.458 e. The minimum atomic E-state index is -0.192. The van der Waals surface area contributed by atoms with Gasteiger partial charge in [-0.15, -0.1) is 0 Å². The van der Waals surface area contributed by atoms with Crippen molar-refractivity contribution in [2.24, 2.45) is 0 Å². The van der Waals surface area contributed by atoms with Gasteiger partial charge in [0.2, 0.25) is 0 Å². The molecule has 1 atom stereocenters. The Balaban J connectivity index is 2.31. The van der Waals surface area contributed by atoms with Gasteiger partial charge in [0, 0.05) is 5.33 Å². The molecule has 0 aliphatic carbocycles. The van der Waals surface area contributed by atoms with Gasteiger partial charge >= 0.3 is 5.97 Å². The maximum Gasteiger partial charge on any atom is 0.338 e. The highest BCUT2D eigenvalue weighted by molar-refractivity contribution is 9.09. The first-order valence-electron chi connectivity index (χ1n) is 4.66. The zero-order valence-corrected chi connectivity index (χ0v) is 9.29. The second-order valence-electron chi connectivity index (χ2n) is 3.38. The Morgan fingerprint density at radius 3 is 3.00 bits per heavy atom. The molecule has 1 aliphatic heterocycles. The number of esters is 1. The molecule has 3 heteroatoms. The quantitative estimate of drug-likeness (QED) is 0.569. The summed E-state index contributed by atoms with van der Waals surface area (Å²) in [6, 6.07) is 7.65. The Labute approximate surface area is 91.4 Å². The molecule has 74 valence electrons. The molecule has 14 heavy (non-hydrogen) atoms. The molecular formula is C11H11BrO2. The SMILES string of the molecule is O=C1OC(CBr)CCc2ccccc21. The van der Waals surface area contributed by atoms with Gasteiger partial charge in [0.15, 0.2) is 0 Å².